The summed E-state index contributed by atoms with van der Waals surface area (Å²) >= 11 is 3.27. The molecular formula is C12H14N2OS2. The summed E-state index contributed by atoms with van der Waals surface area (Å²) in [5.41, 5.74) is 5.91. The van der Waals surface area contributed by atoms with Crippen molar-refractivity contribution in [1.82, 2.24) is 4.90 Å². The van der Waals surface area contributed by atoms with Gasteiger partial charge in [0.1, 0.15) is 0 Å². The van der Waals surface area contributed by atoms with Gasteiger partial charge in [-0.3, -0.25) is 4.79 Å². The van der Waals surface area contributed by atoms with Crippen LogP contribution in [-0.2, 0) is 0 Å². The van der Waals surface area contributed by atoms with Gasteiger partial charge < -0.3 is 10.6 Å². The fourth-order valence-electron chi connectivity index (χ4n) is 2.22. The molecule has 1 amide bonds. The Labute approximate surface area is 108 Å². The molecule has 2 N–H and O–H groups in total. The van der Waals surface area contributed by atoms with Crippen LogP contribution in [0.25, 0.3) is 9.40 Å². The highest BCUT2D eigenvalue weighted by molar-refractivity contribution is 7.27. The Bertz CT molecular complexity index is 517. The van der Waals surface area contributed by atoms with Crippen LogP contribution < -0.4 is 5.73 Å². The summed E-state index contributed by atoms with van der Waals surface area (Å²) < 4.78 is 2.42. The third-order valence-corrected chi connectivity index (χ3v) is 5.18. The third kappa shape index (κ3) is 2.10. The predicted molar refractivity (Wildman–Crippen MR) is 72.8 cm³/mol. The molecule has 1 unspecified atom stereocenters. The van der Waals surface area contributed by atoms with E-state index in [1.807, 2.05) is 11.0 Å². The maximum absolute atomic E-state index is 12.3. The molecule has 3 heterocycles. The van der Waals surface area contributed by atoms with E-state index < -0.39 is 0 Å². The largest absolute Gasteiger partial charge is 0.336 e. The molecule has 0 aromatic carbocycles. The van der Waals surface area contributed by atoms with Crippen LogP contribution in [0.15, 0.2) is 17.5 Å². The Balaban J connectivity index is 1.83. The van der Waals surface area contributed by atoms with Crippen molar-refractivity contribution in [3.63, 3.8) is 0 Å². The smallest absolute Gasteiger partial charge is 0.264 e. The van der Waals surface area contributed by atoms with Gasteiger partial charge in [0.15, 0.2) is 0 Å². The molecule has 1 saturated heterocycles. The molecule has 0 radical (unpaired) electrons. The number of amides is 1. The summed E-state index contributed by atoms with van der Waals surface area (Å²) in [5, 5.41) is 2.06. The van der Waals surface area contributed by atoms with E-state index >= 15 is 0 Å². The number of piperidine rings is 1. The van der Waals surface area contributed by atoms with Crippen LogP contribution in [0.2, 0.25) is 0 Å². The molecule has 0 saturated carbocycles. The molecule has 1 aliphatic rings. The maximum atomic E-state index is 12.3. The number of nitrogens with two attached hydrogens (primary N) is 1. The van der Waals surface area contributed by atoms with E-state index in [4.69, 9.17) is 5.73 Å². The molecule has 0 bridgehead atoms. The molecule has 1 aliphatic heterocycles. The van der Waals surface area contributed by atoms with Crippen molar-refractivity contribution in [2.75, 3.05) is 13.1 Å². The Hall–Kier alpha value is -0.910. The number of hydrogen-bond acceptors (Lipinski definition) is 4. The van der Waals surface area contributed by atoms with E-state index in [1.54, 1.807) is 22.7 Å². The van der Waals surface area contributed by atoms with Crippen LogP contribution in [0, 0.1) is 0 Å². The minimum Gasteiger partial charge on any atom is -0.336 e. The highest BCUT2D eigenvalue weighted by atomic mass is 32.1. The van der Waals surface area contributed by atoms with E-state index in [2.05, 4.69) is 11.4 Å². The first kappa shape index (κ1) is 11.2. The Morgan fingerprint density at radius 3 is 3.12 bits per heavy atom. The van der Waals surface area contributed by atoms with Gasteiger partial charge in [-0.05, 0) is 30.4 Å². The van der Waals surface area contributed by atoms with Gasteiger partial charge in [-0.25, -0.2) is 0 Å². The van der Waals surface area contributed by atoms with Gasteiger partial charge in [0.05, 0.1) is 4.88 Å². The SMILES string of the molecule is NC1CCCN(C(=O)c2cc3sccc3s2)C1. The summed E-state index contributed by atoms with van der Waals surface area (Å²) in [6, 6.07) is 4.23. The number of hydrogen-bond donors (Lipinski definition) is 1. The van der Waals surface area contributed by atoms with E-state index in [-0.39, 0.29) is 11.9 Å². The zero-order valence-corrected chi connectivity index (χ0v) is 11.0. The average Bonchev–Trinajstić information content (AvgIpc) is 2.88. The van der Waals surface area contributed by atoms with E-state index in [0.717, 1.165) is 24.3 Å². The van der Waals surface area contributed by atoms with Gasteiger partial charge in [0.2, 0.25) is 0 Å². The van der Waals surface area contributed by atoms with Crippen molar-refractivity contribution in [2.45, 2.75) is 18.9 Å². The molecule has 1 fully saturated rings. The maximum Gasteiger partial charge on any atom is 0.264 e. The lowest BCUT2D eigenvalue weighted by molar-refractivity contribution is 0.0714. The van der Waals surface area contributed by atoms with Gasteiger partial charge in [-0.2, -0.15) is 0 Å². The summed E-state index contributed by atoms with van der Waals surface area (Å²) in [5.74, 6) is 0.147. The number of thiophene rings is 2. The first-order valence-corrected chi connectivity index (χ1v) is 7.45. The van der Waals surface area contributed by atoms with Crippen molar-refractivity contribution in [2.24, 2.45) is 5.73 Å². The standard InChI is InChI=1S/C12H14N2OS2/c13-8-2-1-4-14(7-8)12(15)11-6-10-9(17-11)3-5-16-10/h3,5-6,8H,1-2,4,7,13H2. The number of carbonyl (C=O) groups excluding carboxylic acids is 1. The van der Waals surface area contributed by atoms with Gasteiger partial charge in [-0.15, -0.1) is 22.7 Å². The molecule has 90 valence electrons. The van der Waals surface area contributed by atoms with Crippen molar-refractivity contribution >= 4 is 38.0 Å². The normalized spacial score (nSPS) is 21.0. The summed E-state index contributed by atoms with van der Waals surface area (Å²) in [4.78, 5) is 15.0. The Morgan fingerprint density at radius 2 is 2.35 bits per heavy atom. The zero-order valence-electron chi connectivity index (χ0n) is 9.39. The van der Waals surface area contributed by atoms with Gasteiger partial charge in [0, 0.05) is 28.5 Å². The van der Waals surface area contributed by atoms with Crippen LogP contribution in [0.4, 0.5) is 0 Å². The number of nitrogens with zero attached hydrogens (tertiary/aromatic N) is 1. The van der Waals surface area contributed by atoms with Gasteiger partial charge >= 0.3 is 0 Å². The molecule has 1 atom stereocenters. The first-order chi connectivity index (χ1) is 8.24. The molecule has 5 heteroatoms. The zero-order chi connectivity index (χ0) is 11.8. The number of rotatable bonds is 1. The van der Waals surface area contributed by atoms with Crippen LogP contribution in [0.3, 0.4) is 0 Å². The van der Waals surface area contributed by atoms with Crippen molar-refractivity contribution in [1.29, 1.82) is 0 Å². The van der Waals surface area contributed by atoms with E-state index in [0.29, 0.717) is 6.54 Å². The molecule has 0 aliphatic carbocycles. The quantitative estimate of drug-likeness (QED) is 0.862. The second kappa shape index (κ2) is 4.40. The number of carbonyl (C=O) groups is 1. The molecular weight excluding hydrogens is 252 g/mol. The van der Waals surface area contributed by atoms with Crippen molar-refractivity contribution < 1.29 is 4.79 Å². The minimum atomic E-state index is 0.147. The fraction of sp³-hybridized carbons (Fsp3) is 0.417. The summed E-state index contributed by atoms with van der Waals surface area (Å²) in [6.45, 7) is 1.54. The molecule has 2 aromatic heterocycles. The number of fused-ring (bicyclic) bond motifs is 1. The molecule has 3 nitrogen and oxygen atoms in total. The average molecular weight is 266 g/mol. The van der Waals surface area contributed by atoms with Gasteiger partial charge in [0.25, 0.3) is 5.91 Å². The summed E-state index contributed by atoms with van der Waals surface area (Å²) in [6.07, 6.45) is 2.05. The topological polar surface area (TPSA) is 46.3 Å². The van der Waals surface area contributed by atoms with Crippen molar-refractivity contribution in [3.8, 4) is 0 Å². The Kier molecular flexibility index (Phi) is 2.90. The minimum absolute atomic E-state index is 0.147. The molecule has 0 spiro atoms. The lowest BCUT2D eigenvalue weighted by Gasteiger charge is -2.30. The molecule has 17 heavy (non-hydrogen) atoms. The van der Waals surface area contributed by atoms with Crippen molar-refractivity contribution in [3.05, 3.63) is 22.4 Å². The third-order valence-electron chi connectivity index (χ3n) is 3.10. The van der Waals surface area contributed by atoms with Crippen LogP contribution in [0.5, 0.6) is 0 Å². The lowest BCUT2D eigenvalue weighted by Crippen LogP contribution is -2.45. The Morgan fingerprint density at radius 1 is 1.47 bits per heavy atom. The second-order valence-corrected chi connectivity index (χ2v) is 6.44. The molecule has 3 rings (SSSR count). The predicted octanol–water partition coefficient (Wildman–Crippen LogP) is 2.53. The van der Waals surface area contributed by atoms with E-state index in [1.165, 1.54) is 9.40 Å². The van der Waals surface area contributed by atoms with Crippen LogP contribution in [-0.4, -0.2) is 29.9 Å². The molecule has 2 aromatic rings. The highest BCUT2D eigenvalue weighted by Gasteiger charge is 2.23. The summed E-state index contributed by atoms with van der Waals surface area (Å²) in [7, 11) is 0. The fourth-order valence-corrected chi connectivity index (χ4v) is 4.30. The number of likely N-dealkylation sites (tertiary alicyclic amines) is 1. The monoisotopic (exact) mass is 266 g/mol. The van der Waals surface area contributed by atoms with Gasteiger partial charge in [-0.1, -0.05) is 0 Å². The van der Waals surface area contributed by atoms with Crippen LogP contribution in [0.1, 0.15) is 22.5 Å². The van der Waals surface area contributed by atoms with E-state index in [9.17, 15) is 4.79 Å². The van der Waals surface area contributed by atoms with Crippen LogP contribution >= 0.6 is 22.7 Å². The lowest BCUT2D eigenvalue weighted by atomic mass is 10.1. The first-order valence-electron chi connectivity index (χ1n) is 5.76. The highest BCUT2D eigenvalue weighted by Crippen LogP contribution is 2.31. The second-order valence-electron chi connectivity index (χ2n) is 4.41.